The Hall–Kier alpha value is -2.07. The third-order valence-electron chi connectivity index (χ3n) is 4.48. The molecule has 2 aromatic carbocycles. The second-order valence-electron chi connectivity index (χ2n) is 6.52. The van der Waals surface area contributed by atoms with Gasteiger partial charge in [0.25, 0.3) is 0 Å². The van der Waals surface area contributed by atoms with E-state index in [1.807, 2.05) is 12.1 Å². The molecule has 9 heteroatoms. The van der Waals surface area contributed by atoms with E-state index in [0.717, 1.165) is 11.1 Å². The van der Waals surface area contributed by atoms with E-state index in [2.05, 4.69) is 15.6 Å². The van der Waals surface area contributed by atoms with Crippen molar-refractivity contribution in [3.05, 3.63) is 64.4 Å². The van der Waals surface area contributed by atoms with Gasteiger partial charge < -0.3 is 21.1 Å². The van der Waals surface area contributed by atoms with Crippen molar-refractivity contribution >= 4 is 47.4 Å². The van der Waals surface area contributed by atoms with Gasteiger partial charge in [-0.25, -0.2) is 4.39 Å². The fraction of sp³-hybridized carbons (Fsp3) is 0.333. The van der Waals surface area contributed by atoms with E-state index in [0.29, 0.717) is 42.7 Å². The van der Waals surface area contributed by atoms with E-state index in [-0.39, 0.29) is 29.8 Å². The van der Waals surface area contributed by atoms with Crippen LogP contribution in [0.3, 0.4) is 0 Å². The van der Waals surface area contributed by atoms with Crippen LogP contribution in [0.25, 0.3) is 0 Å². The van der Waals surface area contributed by atoms with Gasteiger partial charge >= 0.3 is 0 Å². The molecule has 164 valence electrons. The van der Waals surface area contributed by atoms with E-state index in [1.165, 1.54) is 12.1 Å². The number of primary amides is 1. The highest BCUT2D eigenvalue weighted by Crippen LogP contribution is 2.22. The number of nitrogens with one attached hydrogen (secondary N) is 2. The molecule has 2 aromatic rings. The van der Waals surface area contributed by atoms with Crippen molar-refractivity contribution in [2.24, 2.45) is 16.6 Å². The summed E-state index contributed by atoms with van der Waals surface area (Å²) in [5.74, 6) is 0.0734. The lowest BCUT2D eigenvalue weighted by Crippen LogP contribution is -2.43. The lowest BCUT2D eigenvalue weighted by Gasteiger charge is -2.17. The maximum atomic E-state index is 13.0. The van der Waals surface area contributed by atoms with Gasteiger partial charge in [-0.3, -0.25) is 9.79 Å². The van der Waals surface area contributed by atoms with Crippen molar-refractivity contribution in [1.82, 2.24) is 10.6 Å². The Bertz CT molecular complexity index is 849. The van der Waals surface area contributed by atoms with Gasteiger partial charge in [0.2, 0.25) is 5.91 Å². The molecule has 0 bridgehead atoms. The normalized spacial score (nSPS) is 11.9. The molecule has 0 saturated carbocycles. The van der Waals surface area contributed by atoms with E-state index >= 15 is 0 Å². The summed E-state index contributed by atoms with van der Waals surface area (Å²) in [6, 6.07) is 11.6. The number of nitrogens with zero attached hydrogens (tertiary/aromatic N) is 1. The number of carbonyl (C=O) groups is 1. The number of nitrogens with two attached hydrogens (primary N) is 1. The van der Waals surface area contributed by atoms with E-state index in [9.17, 15) is 9.18 Å². The number of aliphatic imine (C=N–C) groups is 1. The predicted molar refractivity (Wildman–Crippen MR) is 129 cm³/mol. The van der Waals surface area contributed by atoms with Crippen LogP contribution in [-0.2, 0) is 17.6 Å². The zero-order valence-corrected chi connectivity index (χ0v) is 20.0. The highest BCUT2D eigenvalue weighted by atomic mass is 127. The number of carbonyl (C=O) groups excluding carboxylic acids is 1. The van der Waals surface area contributed by atoms with E-state index in [1.54, 1.807) is 32.4 Å². The Kier molecular flexibility index (Phi) is 11.5. The third kappa shape index (κ3) is 8.35. The van der Waals surface area contributed by atoms with Crippen LogP contribution in [0.5, 0.6) is 5.75 Å². The molecule has 0 spiro atoms. The molecule has 0 saturated heterocycles. The first-order chi connectivity index (χ1) is 13.9. The van der Waals surface area contributed by atoms with Crippen LogP contribution in [0.1, 0.15) is 11.1 Å². The van der Waals surface area contributed by atoms with Gasteiger partial charge in [-0.2, -0.15) is 0 Å². The summed E-state index contributed by atoms with van der Waals surface area (Å²) in [5, 5.41) is 6.94. The van der Waals surface area contributed by atoms with Gasteiger partial charge in [-0.15, -0.1) is 24.0 Å². The standard InChI is InChI=1S/C21H26ClFN4O2.HI/c1-25-21(26-10-9-15-5-8-18(29-2)12-19(15)22)27-13-16(20(24)28)11-14-3-6-17(23)7-4-14;/h3-8,12,16H,9-11,13H2,1-2H3,(H2,24,28)(H2,25,26,27);1H. The van der Waals surface area contributed by atoms with Crippen molar-refractivity contribution in [2.45, 2.75) is 12.8 Å². The van der Waals surface area contributed by atoms with Crippen LogP contribution < -0.4 is 21.1 Å². The summed E-state index contributed by atoms with van der Waals surface area (Å²) < 4.78 is 18.2. The van der Waals surface area contributed by atoms with Crippen molar-refractivity contribution in [3.63, 3.8) is 0 Å². The zero-order chi connectivity index (χ0) is 21.2. The van der Waals surface area contributed by atoms with Gasteiger partial charge in [-0.1, -0.05) is 29.8 Å². The van der Waals surface area contributed by atoms with E-state index < -0.39 is 11.8 Å². The molecule has 1 unspecified atom stereocenters. The van der Waals surface area contributed by atoms with Crippen LogP contribution in [-0.4, -0.2) is 39.1 Å². The van der Waals surface area contributed by atoms with Gasteiger partial charge in [0.1, 0.15) is 11.6 Å². The molecule has 0 aliphatic carbocycles. The Labute approximate surface area is 198 Å². The molecule has 1 atom stereocenters. The highest BCUT2D eigenvalue weighted by molar-refractivity contribution is 14.0. The van der Waals surface area contributed by atoms with Crippen molar-refractivity contribution in [3.8, 4) is 5.75 Å². The topological polar surface area (TPSA) is 88.7 Å². The Morgan fingerprint density at radius 3 is 2.50 bits per heavy atom. The van der Waals surface area contributed by atoms with Crippen LogP contribution in [0.2, 0.25) is 5.02 Å². The number of methoxy groups -OCH3 is 1. The average Bonchev–Trinajstić information content (AvgIpc) is 2.71. The van der Waals surface area contributed by atoms with Crippen molar-refractivity contribution in [2.75, 3.05) is 27.2 Å². The largest absolute Gasteiger partial charge is 0.497 e. The molecule has 2 rings (SSSR count). The fourth-order valence-corrected chi connectivity index (χ4v) is 3.06. The van der Waals surface area contributed by atoms with Crippen LogP contribution in [0.4, 0.5) is 4.39 Å². The summed E-state index contributed by atoms with van der Waals surface area (Å²) in [6.45, 7) is 0.917. The van der Waals surface area contributed by atoms with Crippen LogP contribution in [0.15, 0.2) is 47.5 Å². The van der Waals surface area contributed by atoms with Gasteiger partial charge in [0, 0.05) is 25.2 Å². The molecule has 0 heterocycles. The summed E-state index contributed by atoms with van der Waals surface area (Å²) in [4.78, 5) is 15.9. The smallest absolute Gasteiger partial charge is 0.222 e. The minimum Gasteiger partial charge on any atom is -0.497 e. The van der Waals surface area contributed by atoms with Crippen molar-refractivity contribution < 1.29 is 13.9 Å². The molecule has 0 aromatic heterocycles. The lowest BCUT2D eigenvalue weighted by molar-refractivity contribution is -0.121. The molecule has 30 heavy (non-hydrogen) atoms. The maximum absolute atomic E-state index is 13.0. The summed E-state index contributed by atoms with van der Waals surface area (Å²) in [6.07, 6.45) is 1.11. The summed E-state index contributed by atoms with van der Waals surface area (Å²) in [5.41, 5.74) is 7.35. The zero-order valence-electron chi connectivity index (χ0n) is 17.0. The first kappa shape index (κ1) is 26.0. The Balaban J connectivity index is 0.00000450. The first-order valence-corrected chi connectivity index (χ1v) is 9.61. The number of amides is 1. The predicted octanol–water partition coefficient (Wildman–Crippen LogP) is 3.16. The van der Waals surface area contributed by atoms with Crippen molar-refractivity contribution in [1.29, 1.82) is 0 Å². The SMILES string of the molecule is CN=C(NCCc1ccc(OC)cc1Cl)NCC(Cc1ccc(F)cc1)C(N)=O.I. The first-order valence-electron chi connectivity index (χ1n) is 9.23. The number of guanidine groups is 1. The summed E-state index contributed by atoms with van der Waals surface area (Å²) >= 11 is 6.25. The Morgan fingerprint density at radius 2 is 1.93 bits per heavy atom. The van der Waals surface area contributed by atoms with Gasteiger partial charge in [0.15, 0.2) is 5.96 Å². The van der Waals surface area contributed by atoms with E-state index in [4.69, 9.17) is 22.1 Å². The minimum atomic E-state index is -0.449. The molecule has 0 aliphatic heterocycles. The lowest BCUT2D eigenvalue weighted by atomic mass is 9.98. The monoisotopic (exact) mass is 548 g/mol. The third-order valence-corrected chi connectivity index (χ3v) is 4.84. The maximum Gasteiger partial charge on any atom is 0.222 e. The number of halogens is 3. The number of hydrogen-bond donors (Lipinski definition) is 3. The van der Waals surface area contributed by atoms with Crippen LogP contribution >= 0.6 is 35.6 Å². The number of ether oxygens (including phenoxy) is 1. The van der Waals surface area contributed by atoms with Gasteiger partial charge in [-0.05, 0) is 48.2 Å². The number of hydrogen-bond acceptors (Lipinski definition) is 3. The Morgan fingerprint density at radius 1 is 1.23 bits per heavy atom. The second kappa shape index (κ2) is 13.3. The molecular formula is C21H27ClFIN4O2. The fourth-order valence-electron chi connectivity index (χ4n) is 2.79. The van der Waals surface area contributed by atoms with Crippen LogP contribution in [0, 0.1) is 11.7 Å². The molecule has 1 amide bonds. The van der Waals surface area contributed by atoms with Gasteiger partial charge in [0.05, 0.1) is 13.0 Å². The molecule has 0 radical (unpaired) electrons. The summed E-state index contributed by atoms with van der Waals surface area (Å²) in [7, 11) is 3.24. The number of rotatable bonds is 9. The quantitative estimate of drug-likeness (QED) is 0.255. The molecule has 0 aliphatic rings. The minimum absolute atomic E-state index is 0. The molecular weight excluding hydrogens is 522 g/mol. The molecule has 0 fully saturated rings. The molecule has 6 nitrogen and oxygen atoms in total. The number of benzene rings is 2. The average molecular weight is 549 g/mol. The molecule has 4 N–H and O–H groups in total. The second-order valence-corrected chi connectivity index (χ2v) is 6.92. The highest BCUT2D eigenvalue weighted by Gasteiger charge is 2.16.